The average molecular weight is 419 g/mol. The Morgan fingerprint density at radius 3 is 2.70 bits per heavy atom. The van der Waals surface area contributed by atoms with Gasteiger partial charge in [-0.15, -0.1) is 11.3 Å². The quantitative estimate of drug-likeness (QED) is 0.701. The van der Waals surface area contributed by atoms with Gasteiger partial charge < -0.3 is 10.1 Å². The third-order valence-electron chi connectivity index (χ3n) is 3.11. The highest BCUT2D eigenvalue weighted by Crippen LogP contribution is 2.32. The van der Waals surface area contributed by atoms with Crippen molar-refractivity contribution in [3.05, 3.63) is 48.5 Å². The molecule has 1 aromatic carbocycles. The van der Waals surface area contributed by atoms with Crippen LogP contribution in [-0.2, 0) is 19.5 Å². The minimum absolute atomic E-state index is 0.780. The largest absolute Gasteiger partial charge is 0.495 e. The van der Waals surface area contributed by atoms with Gasteiger partial charge in [0.1, 0.15) is 5.75 Å². The van der Waals surface area contributed by atoms with Crippen molar-refractivity contribution >= 4 is 43.2 Å². The van der Waals surface area contributed by atoms with Gasteiger partial charge in [-0.05, 0) is 51.5 Å². The molecule has 0 unspecified atom stereocenters. The first-order chi connectivity index (χ1) is 9.65. The van der Waals surface area contributed by atoms with E-state index in [4.69, 9.17) is 4.74 Å². The molecule has 0 aliphatic heterocycles. The number of rotatable bonds is 6. The third kappa shape index (κ3) is 3.85. The number of thiophene rings is 1. The van der Waals surface area contributed by atoms with Gasteiger partial charge in [-0.25, -0.2) is 0 Å². The maximum absolute atomic E-state index is 5.46. The van der Waals surface area contributed by atoms with Crippen LogP contribution in [0.4, 0.5) is 0 Å². The van der Waals surface area contributed by atoms with Crippen LogP contribution >= 0.6 is 43.2 Å². The maximum atomic E-state index is 5.46. The Morgan fingerprint density at radius 2 is 2.00 bits per heavy atom. The number of aryl methyl sites for hydroxylation is 1. The number of hydrogen-bond acceptors (Lipinski definition) is 3. The highest BCUT2D eigenvalue weighted by Gasteiger charge is 2.09. The van der Waals surface area contributed by atoms with E-state index in [1.54, 1.807) is 7.11 Å². The molecule has 2 rings (SSSR count). The van der Waals surface area contributed by atoms with E-state index in [0.29, 0.717) is 0 Å². The molecule has 0 saturated carbocycles. The number of methoxy groups -OCH3 is 1. The van der Waals surface area contributed by atoms with Crippen molar-refractivity contribution in [2.24, 2.45) is 0 Å². The molecule has 0 atom stereocenters. The summed E-state index contributed by atoms with van der Waals surface area (Å²) in [6.45, 7) is 3.87. The zero-order valence-corrected chi connectivity index (χ0v) is 15.5. The number of benzene rings is 1. The standard InChI is InChI=1S/C15H17Br2NOS/c1-3-10-4-5-20-14(10)9-18-8-11-6-12(16)7-13(17)15(11)19-2/h4-7,18H,3,8-9H2,1-2H3. The molecule has 0 fully saturated rings. The Labute approximate surface area is 140 Å². The van der Waals surface area contributed by atoms with Crippen LogP contribution in [0.2, 0.25) is 0 Å². The molecule has 0 saturated heterocycles. The summed E-state index contributed by atoms with van der Waals surface area (Å²) < 4.78 is 7.48. The van der Waals surface area contributed by atoms with Crippen LogP contribution in [0.1, 0.15) is 22.9 Å². The first-order valence-corrected chi connectivity index (χ1v) is 8.90. The first kappa shape index (κ1) is 16.0. The van der Waals surface area contributed by atoms with E-state index in [-0.39, 0.29) is 0 Å². The fraction of sp³-hybridized carbons (Fsp3) is 0.333. The molecular formula is C15H17Br2NOS. The molecule has 20 heavy (non-hydrogen) atoms. The molecule has 0 spiro atoms. The van der Waals surface area contributed by atoms with Gasteiger partial charge in [-0.1, -0.05) is 22.9 Å². The molecule has 1 heterocycles. The van der Waals surface area contributed by atoms with E-state index in [9.17, 15) is 0 Å². The Hall–Kier alpha value is -0.360. The van der Waals surface area contributed by atoms with Gasteiger partial charge in [0.15, 0.2) is 0 Å². The second-order valence-electron chi connectivity index (χ2n) is 4.41. The molecule has 0 aliphatic carbocycles. The Kier molecular flexibility index (Phi) is 6.08. The molecule has 1 N–H and O–H groups in total. The van der Waals surface area contributed by atoms with Gasteiger partial charge in [-0.3, -0.25) is 0 Å². The van der Waals surface area contributed by atoms with Crippen LogP contribution in [0.3, 0.4) is 0 Å². The lowest BCUT2D eigenvalue weighted by atomic mass is 10.2. The zero-order valence-electron chi connectivity index (χ0n) is 11.5. The van der Waals surface area contributed by atoms with Crippen LogP contribution in [0.15, 0.2) is 32.5 Å². The topological polar surface area (TPSA) is 21.3 Å². The van der Waals surface area contributed by atoms with Crippen molar-refractivity contribution in [2.45, 2.75) is 26.4 Å². The summed E-state index contributed by atoms with van der Waals surface area (Å²) >= 11 is 8.86. The van der Waals surface area contributed by atoms with Gasteiger partial charge in [0.2, 0.25) is 0 Å². The zero-order chi connectivity index (χ0) is 14.5. The Bertz CT molecular complexity index is 583. The van der Waals surface area contributed by atoms with Crippen molar-refractivity contribution in [1.82, 2.24) is 5.32 Å². The highest BCUT2D eigenvalue weighted by molar-refractivity contribution is 9.11. The van der Waals surface area contributed by atoms with Gasteiger partial charge in [0.25, 0.3) is 0 Å². The van der Waals surface area contributed by atoms with E-state index in [2.05, 4.69) is 61.6 Å². The third-order valence-corrected chi connectivity index (χ3v) is 5.12. The number of halogens is 2. The van der Waals surface area contributed by atoms with Gasteiger partial charge >= 0.3 is 0 Å². The minimum atomic E-state index is 0.780. The molecule has 108 valence electrons. The first-order valence-electron chi connectivity index (χ1n) is 6.43. The lowest BCUT2D eigenvalue weighted by Gasteiger charge is -2.12. The minimum Gasteiger partial charge on any atom is -0.495 e. The number of nitrogens with one attached hydrogen (secondary N) is 1. The van der Waals surface area contributed by atoms with E-state index in [1.165, 1.54) is 10.4 Å². The van der Waals surface area contributed by atoms with Crippen molar-refractivity contribution < 1.29 is 4.74 Å². The molecule has 2 aromatic rings. The molecule has 0 radical (unpaired) electrons. The fourth-order valence-corrected chi connectivity index (χ4v) is 4.54. The highest BCUT2D eigenvalue weighted by atomic mass is 79.9. The predicted molar refractivity (Wildman–Crippen MR) is 92.6 cm³/mol. The SMILES string of the molecule is CCc1ccsc1CNCc1cc(Br)cc(Br)c1OC. The number of ether oxygens (including phenoxy) is 1. The lowest BCUT2D eigenvalue weighted by Crippen LogP contribution is -2.13. The van der Waals surface area contributed by atoms with Crippen LogP contribution in [-0.4, -0.2) is 7.11 Å². The van der Waals surface area contributed by atoms with Crippen LogP contribution < -0.4 is 10.1 Å². The summed E-state index contributed by atoms with van der Waals surface area (Å²) in [6.07, 6.45) is 1.09. The summed E-state index contributed by atoms with van der Waals surface area (Å²) in [5.74, 6) is 0.891. The van der Waals surface area contributed by atoms with E-state index in [0.717, 1.165) is 39.8 Å². The normalized spacial score (nSPS) is 10.8. The van der Waals surface area contributed by atoms with Crippen LogP contribution in [0, 0.1) is 0 Å². The van der Waals surface area contributed by atoms with E-state index >= 15 is 0 Å². The van der Waals surface area contributed by atoms with Gasteiger partial charge in [0, 0.05) is 28.0 Å². The Balaban J connectivity index is 2.04. The predicted octanol–water partition coefficient (Wildman–Crippen LogP) is 5.13. The molecule has 5 heteroatoms. The average Bonchev–Trinajstić information content (AvgIpc) is 2.86. The number of hydrogen-bond donors (Lipinski definition) is 1. The second kappa shape index (κ2) is 7.59. The summed E-state index contributed by atoms with van der Waals surface area (Å²) in [7, 11) is 1.70. The van der Waals surface area contributed by atoms with Gasteiger partial charge in [-0.2, -0.15) is 0 Å². The summed E-state index contributed by atoms with van der Waals surface area (Å²) in [6, 6.07) is 6.29. The molecular weight excluding hydrogens is 402 g/mol. The molecule has 2 nitrogen and oxygen atoms in total. The van der Waals surface area contributed by atoms with Crippen molar-refractivity contribution in [2.75, 3.05) is 7.11 Å². The lowest BCUT2D eigenvalue weighted by molar-refractivity contribution is 0.405. The smallest absolute Gasteiger partial charge is 0.137 e. The Morgan fingerprint density at radius 1 is 1.20 bits per heavy atom. The van der Waals surface area contributed by atoms with E-state index in [1.807, 2.05) is 17.4 Å². The van der Waals surface area contributed by atoms with Crippen LogP contribution in [0.25, 0.3) is 0 Å². The molecule has 0 amide bonds. The van der Waals surface area contributed by atoms with Crippen LogP contribution in [0.5, 0.6) is 5.75 Å². The molecule has 1 aromatic heterocycles. The monoisotopic (exact) mass is 417 g/mol. The maximum Gasteiger partial charge on any atom is 0.137 e. The van der Waals surface area contributed by atoms with E-state index < -0.39 is 0 Å². The van der Waals surface area contributed by atoms with Gasteiger partial charge in [0.05, 0.1) is 11.6 Å². The molecule has 0 aliphatic rings. The fourth-order valence-electron chi connectivity index (χ4n) is 2.12. The van der Waals surface area contributed by atoms with Crippen molar-refractivity contribution in [1.29, 1.82) is 0 Å². The summed E-state index contributed by atoms with van der Waals surface area (Å²) in [4.78, 5) is 1.42. The van der Waals surface area contributed by atoms with Crippen molar-refractivity contribution in [3.8, 4) is 5.75 Å². The molecule has 0 bridgehead atoms. The second-order valence-corrected chi connectivity index (χ2v) is 7.18. The summed E-state index contributed by atoms with van der Waals surface area (Å²) in [5, 5.41) is 5.66. The van der Waals surface area contributed by atoms with Crippen molar-refractivity contribution in [3.63, 3.8) is 0 Å². The summed E-state index contributed by atoms with van der Waals surface area (Å²) in [5.41, 5.74) is 2.58.